The van der Waals surface area contributed by atoms with Gasteiger partial charge in [0.2, 0.25) is 0 Å². The number of H-pyrrole nitrogens is 1. The van der Waals surface area contributed by atoms with E-state index < -0.39 is 6.04 Å². The number of rotatable bonds is 3. The molecule has 35 heavy (non-hydrogen) atoms. The monoisotopic (exact) mass is 463 g/mol. The molecule has 0 aliphatic carbocycles. The van der Waals surface area contributed by atoms with Crippen LogP contribution in [0, 0.1) is 0 Å². The van der Waals surface area contributed by atoms with Gasteiger partial charge in [-0.15, -0.1) is 0 Å². The summed E-state index contributed by atoms with van der Waals surface area (Å²) in [7, 11) is 1.88. The van der Waals surface area contributed by atoms with Crippen LogP contribution in [-0.4, -0.2) is 46.7 Å². The Bertz CT molecular complexity index is 1690. The highest BCUT2D eigenvalue weighted by Crippen LogP contribution is 2.37. The fourth-order valence-corrected chi connectivity index (χ4v) is 4.94. The maximum absolute atomic E-state index is 13.9. The molecule has 0 radical (unpaired) electrons. The molecule has 6 heterocycles. The van der Waals surface area contributed by atoms with E-state index in [1.807, 2.05) is 72.9 Å². The van der Waals surface area contributed by atoms with Crippen molar-refractivity contribution in [2.45, 2.75) is 12.5 Å². The number of imidazole rings is 1. The van der Waals surface area contributed by atoms with Crippen LogP contribution in [0.4, 0.5) is 0 Å². The number of amides is 1. The Kier molecular flexibility index (Phi) is 4.19. The minimum Gasteiger partial charge on any atom is -0.458 e. The van der Waals surface area contributed by atoms with Crippen LogP contribution in [0.2, 0.25) is 0 Å². The SMILES string of the molecule is Cn1ccc(-c2ccc3c(C(=O)N4CCc5[nH]cnc5[C@H]4c4cc5ccccc5o4)cnn3c2)n1. The van der Waals surface area contributed by atoms with Gasteiger partial charge in [0.1, 0.15) is 17.4 Å². The lowest BCUT2D eigenvalue weighted by Crippen LogP contribution is -2.40. The maximum atomic E-state index is 13.9. The number of furan rings is 1. The smallest absolute Gasteiger partial charge is 0.258 e. The Morgan fingerprint density at radius 1 is 1.17 bits per heavy atom. The van der Waals surface area contributed by atoms with Crippen LogP contribution in [0.5, 0.6) is 0 Å². The van der Waals surface area contributed by atoms with Crippen molar-refractivity contribution in [3.63, 3.8) is 0 Å². The van der Waals surface area contributed by atoms with Crippen molar-refractivity contribution < 1.29 is 9.21 Å². The molecule has 9 heteroatoms. The minimum absolute atomic E-state index is 0.107. The second kappa shape index (κ2) is 7.42. The number of aromatic amines is 1. The number of para-hydroxylation sites is 1. The Labute approximate surface area is 199 Å². The Morgan fingerprint density at radius 2 is 2.09 bits per heavy atom. The van der Waals surface area contributed by atoms with E-state index in [9.17, 15) is 4.79 Å². The zero-order valence-corrected chi connectivity index (χ0v) is 18.9. The molecule has 1 N–H and O–H groups in total. The van der Waals surface area contributed by atoms with Crippen molar-refractivity contribution in [3.05, 3.63) is 96.2 Å². The molecule has 0 fully saturated rings. The third-order valence-electron chi connectivity index (χ3n) is 6.66. The van der Waals surface area contributed by atoms with E-state index in [1.165, 1.54) is 0 Å². The normalized spacial score (nSPS) is 15.7. The van der Waals surface area contributed by atoms with Gasteiger partial charge in [-0.25, -0.2) is 9.50 Å². The Balaban J connectivity index is 1.30. The van der Waals surface area contributed by atoms with Crippen molar-refractivity contribution in [3.8, 4) is 11.3 Å². The van der Waals surface area contributed by atoms with E-state index in [0.717, 1.165) is 39.1 Å². The highest BCUT2D eigenvalue weighted by molar-refractivity contribution is 6.01. The molecule has 9 nitrogen and oxygen atoms in total. The molecular formula is C26H21N7O2. The summed E-state index contributed by atoms with van der Waals surface area (Å²) >= 11 is 0. The number of hydrogen-bond donors (Lipinski definition) is 1. The first kappa shape index (κ1) is 19.8. The highest BCUT2D eigenvalue weighted by Gasteiger charge is 2.37. The predicted molar refractivity (Wildman–Crippen MR) is 129 cm³/mol. The van der Waals surface area contributed by atoms with E-state index in [1.54, 1.807) is 21.7 Å². The van der Waals surface area contributed by atoms with Crippen LogP contribution < -0.4 is 0 Å². The fourth-order valence-electron chi connectivity index (χ4n) is 4.94. The molecular weight excluding hydrogens is 442 g/mol. The maximum Gasteiger partial charge on any atom is 0.258 e. The first-order valence-electron chi connectivity index (χ1n) is 11.4. The predicted octanol–water partition coefficient (Wildman–Crippen LogP) is 3.99. The minimum atomic E-state index is -0.423. The Morgan fingerprint density at radius 3 is 2.94 bits per heavy atom. The summed E-state index contributed by atoms with van der Waals surface area (Å²) in [5, 5.41) is 9.94. The zero-order valence-electron chi connectivity index (χ0n) is 18.9. The number of nitrogens with zero attached hydrogens (tertiary/aromatic N) is 6. The molecule has 6 aromatic rings. The molecule has 0 bridgehead atoms. The number of pyridine rings is 1. The van der Waals surface area contributed by atoms with Gasteiger partial charge in [0.05, 0.1) is 35.0 Å². The number of nitrogens with one attached hydrogen (secondary N) is 1. The summed E-state index contributed by atoms with van der Waals surface area (Å²) in [4.78, 5) is 23.6. The molecule has 1 amide bonds. The zero-order chi connectivity index (χ0) is 23.5. The number of carbonyl (C=O) groups is 1. The Hall–Kier alpha value is -4.66. The number of hydrogen-bond acceptors (Lipinski definition) is 5. The second-order valence-corrected chi connectivity index (χ2v) is 8.78. The molecule has 7 rings (SSSR count). The molecule has 172 valence electrons. The number of aromatic nitrogens is 6. The fraction of sp³-hybridized carbons (Fsp3) is 0.154. The van der Waals surface area contributed by atoms with Crippen LogP contribution in [0.3, 0.4) is 0 Å². The summed E-state index contributed by atoms with van der Waals surface area (Å²) in [5.41, 5.74) is 5.69. The standard InChI is InChI=1S/C26H21N7O2/c1-31-10-8-19(30-31)17-6-7-21-18(13-29-33(21)14-17)26(34)32-11-9-20-24(28-15-27-20)25(32)23-12-16-4-2-3-5-22(16)35-23/h2-8,10,12-15,25H,9,11H2,1H3,(H,27,28)/t25-/m1/s1. The number of carbonyl (C=O) groups excluding carboxylic acids is 1. The lowest BCUT2D eigenvalue weighted by molar-refractivity contribution is 0.0675. The molecule has 1 aromatic carbocycles. The van der Waals surface area contributed by atoms with Gasteiger partial charge in [-0.2, -0.15) is 10.2 Å². The van der Waals surface area contributed by atoms with Gasteiger partial charge >= 0.3 is 0 Å². The van der Waals surface area contributed by atoms with Crippen molar-refractivity contribution in [2.75, 3.05) is 6.54 Å². The lowest BCUT2D eigenvalue weighted by atomic mass is 9.99. The molecule has 0 spiro atoms. The lowest BCUT2D eigenvalue weighted by Gasteiger charge is -2.33. The molecule has 0 saturated heterocycles. The van der Waals surface area contributed by atoms with Crippen molar-refractivity contribution >= 4 is 22.4 Å². The first-order valence-corrected chi connectivity index (χ1v) is 11.4. The number of fused-ring (bicyclic) bond motifs is 3. The van der Waals surface area contributed by atoms with Gasteiger partial charge in [0.25, 0.3) is 5.91 Å². The summed E-state index contributed by atoms with van der Waals surface area (Å²) in [6, 6.07) is 15.3. The molecule has 5 aromatic heterocycles. The van der Waals surface area contributed by atoms with Crippen molar-refractivity contribution in [2.24, 2.45) is 7.05 Å². The average molecular weight is 464 g/mol. The van der Waals surface area contributed by atoms with Crippen LogP contribution in [0.1, 0.15) is 33.5 Å². The van der Waals surface area contributed by atoms with Gasteiger partial charge < -0.3 is 14.3 Å². The molecule has 0 unspecified atom stereocenters. The molecule has 1 atom stereocenters. The third kappa shape index (κ3) is 3.08. The largest absolute Gasteiger partial charge is 0.458 e. The van der Waals surface area contributed by atoms with Gasteiger partial charge in [-0.1, -0.05) is 18.2 Å². The van der Waals surface area contributed by atoms with Gasteiger partial charge in [-0.05, 0) is 30.3 Å². The molecule has 1 aliphatic heterocycles. The first-order chi connectivity index (χ1) is 17.2. The topological polar surface area (TPSA) is 97.2 Å². The van der Waals surface area contributed by atoms with Crippen LogP contribution in [-0.2, 0) is 13.5 Å². The number of aryl methyl sites for hydroxylation is 1. The van der Waals surface area contributed by atoms with Crippen molar-refractivity contribution in [1.29, 1.82) is 0 Å². The highest BCUT2D eigenvalue weighted by atomic mass is 16.3. The van der Waals surface area contributed by atoms with Crippen LogP contribution in [0.25, 0.3) is 27.7 Å². The van der Waals surface area contributed by atoms with Gasteiger partial charge in [0.15, 0.2) is 0 Å². The van der Waals surface area contributed by atoms with Crippen LogP contribution in [0.15, 0.2) is 77.9 Å². The van der Waals surface area contributed by atoms with E-state index >= 15 is 0 Å². The third-order valence-corrected chi connectivity index (χ3v) is 6.66. The summed E-state index contributed by atoms with van der Waals surface area (Å²) in [6.07, 6.45) is 7.81. The summed E-state index contributed by atoms with van der Waals surface area (Å²) < 4.78 is 9.70. The second-order valence-electron chi connectivity index (χ2n) is 8.78. The van der Waals surface area contributed by atoms with Crippen molar-refractivity contribution in [1.82, 2.24) is 34.3 Å². The van der Waals surface area contributed by atoms with E-state index in [4.69, 9.17) is 4.42 Å². The number of benzene rings is 1. The summed E-state index contributed by atoms with van der Waals surface area (Å²) in [5.74, 6) is 0.589. The van der Waals surface area contributed by atoms with Gasteiger partial charge in [0, 0.05) is 49.1 Å². The van der Waals surface area contributed by atoms with Gasteiger partial charge in [-0.3, -0.25) is 9.48 Å². The van der Waals surface area contributed by atoms with E-state index in [0.29, 0.717) is 24.3 Å². The quantitative estimate of drug-likeness (QED) is 0.428. The average Bonchev–Trinajstić information content (AvgIpc) is 3.67. The summed E-state index contributed by atoms with van der Waals surface area (Å²) in [6.45, 7) is 0.541. The van der Waals surface area contributed by atoms with Crippen LogP contribution >= 0.6 is 0 Å². The van der Waals surface area contributed by atoms with E-state index in [-0.39, 0.29) is 5.91 Å². The van der Waals surface area contributed by atoms with E-state index in [2.05, 4.69) is 20.2 Å². The molecule has 1 aliphatic rings. The molecule has 0 saturated carbocycles.